The smallest absolute Gasteiger partial charge is 0.137 e. The van der Waals surface area contributed by atoms with E-state index >= 15 is 0 Å². The number of rotatable bonds is 4. The second-order valence-corrected chi connectivity index (χ2v) is 4.06. The lowest BCUT2D eigenvalue weighted by Gasteiger charge is -2.13. The Morgan fingerprint density at radius 1 is 1.35 bits per heavy atom. The van der Waals surface area contributed by atoms with Crippen molar-refractivity contribution in [1.82, 2.24) is 9.97 Å². The van der Waals surface area contributed by atoms with Gasteiger partial charge in [-0.1, -0.05) is 6.92 Å². The predicted molar refractivity (Wildman–Crippen MR) is 69.5 cm³/mol. The minimum absolute atomic E-state index is 0.388. The molecule has 0 fully saturated rings. The van der Waals surface area contributed by atoms with Crippen LogP contribution in [0.15, 0.2) is 24.5 Å². The Hall–Kier alpha value is -1.84. The van der Waals surface area contributed by atoms with Crippen molar-refractivity contribution < 1.29 is 4.74 Å². The van der Waals surface area contributed by atoms with Crippen LogP contribution in [0.3, 0.4) is 0 Å². The molecule has 1 unspecified atom stereocenters. The quantitative estimate of drug-likeness (QED) is 0.879. The lowest BCUT2D eigenvalue weighted by Crippen LogP contribution is -2.14. The summed E-state index contributed by atoms with van der Waals surface area (Å²) < 4.78 is 5.23. The molecule has 2 rings (SSSR count). The number of nitrogens with zero attached hydrogens (tertiary/aromatic N) is 2. The van der Waals surface area contributed by atoms with Crippen LogP contribution in [0.2, 0.25) is 0 Å². The molecule has 0 radical (unpaired) electrons. The van der Waals surface area contributed by atoms with E-state index in [1.165, 1.54) is 0 Å². The highest BCUT2D eigenvalue weighted by atomic mass is 16.5. The van der Waals surface area contributed by atoms with Crippen LogP contribution in [-0.4, -0.2) is 23.1 Å². The molecule has 0 amide bonds. The summed E-state index contributed by atoms with van der Waals surface area (Å²) in [5.41, 5.74) is 0.923. The number of methoxy groups -OCH3 is 1. The molecule has 1 aromatic carbocycles. The van der Waals surface area contributed by atoms with Gasteiger partial charge in [-0.25, -0.2) is 9.97 Å². The van der Waals surface area contributed by atoms with Crippen molar-refractivity contribution in [2.75, 3.05) is 12.4 Å². The molecule has 17 heavy (non-hydrogen) atoms. The summed E-state index contributed by atoms with van der Waals surface area (Å²) in [5, 5.41) is 4.37. The second-order valence-electron chi connectivity index (χ2n) is 4.06. The Balaban J connectivity index is 2.46. The number of ether oxygens (including phenoxy) is 1. The van der Waals surface area contributed by atoms with E-state index in [-0.39, 0.29) is 0 Å². The number of aromatic nitrogens is 2. The van der Waals surface area contributed by atoms with E-state index in [1.54, 1.807) is 13.4 Å². The van der Waals surface area contributed by atoms with Crippen molar-refractivity contribution in [2.45, 2.75) is 26.3 Å². The van der Waals surface area contributed by atoms with Crippen molar-refractivity contribution in [3.05, 3.63) is 24.5 Å². The fourth-order valence-corrected chi connectivity index (χ4v) is 1.61. The number of anilines is 1. The van der Waals surface area contributed by atoms with Gasteiger partial charge in [0.2, 0.25) is 0 Å². The van der Waals surface area contributed by atoms with Gasteiger partial charge in [0.1, 0.15) is 17.9 Å². The molecule has 1 N–H and O–H groups in total. The van der Waals surface area contributed by atoms with Crippen molar-refractivity contribution in [1.29, 1.82) is 0 Å². The summed E-state index contributed by atoms with van der Waals surface area (Å²) in [7, 11) is 1.66. The molecule has 0 saturated heterocycles. The average molecular weight is 231 g/mol. The molecule has 0 aliphatic rings. The van der Waals surface area contributed by atoms with Gasteiger partial charge >= 0.3 is 0 Å². The van der Waals surface area contributed by atoms with Crippen LogP contribution in [0.5, 0.6) is 5.75 Å². The Kier molecular flexibility index (Phi) is 3.42. The summed E-state index contributed by atoms with van der Waals surface area (Å²) in [6, 6.07) is 6.19. The lowest BCUT2D eigenvalue weighted by molar-refractivity contribution is 0.415. The molecular formula is C13H17N3O. The van der Waals surface area contributed by atoms with Crippen LogP contribution in [0.1, 0.15) is 20.3 Å². The van der Waals surface area contributed by atoms with Crippen molar-refractivity contribution >= 4 is 16.7 Å². The third-order valence-electron chi connectivity index (χ3n) is 2.84. The lowest BCUT2D eigenvalue weighted by atomic mass is 10.2. The summed E-state index contributed by atoms with van der Waals surface area (Å²) in [5.74, 6) is 1.68. The van der Waals surface area contributed by atoms with Crippen LogP contribution >= 0.6 is 0 Å². The van der Waals surface area contributed by atoms with Gasteiger partial charge in [0.25, 0.3) is 0 Å². The molecule has 4 nitrogen and oxygen atoms in total. The maximum Gasteiger partial charge on any atom is 0.137 e. The summed E-state index contributed by atoms with van der Waals surface area (Å²) in [4.78, 5) is 8.54. The van der Waals surface area contributed by atoms with E-state index < -0.39 is 0 Å². The average Bonchev–Trinajstić information content (AvgIpc) is 2.38. The zero-order valence-corrected chi connectivity index (χ0v) is 10.4. The number of nitrogens with one attached hydrogen (secondary N) is 1. The predicted octanol–water partition coefficient (Wildman–Crippen LogP) is 2.85. The largest absolute Gasteiger partial charge is 0.497 e. The highest BCUT2D eigenvalue weighted by Gasteiger charge is 2.07. The Labute approximate surface area is 101 Å². The van der Waals surface area contributed by atoms with E-state index in [0.717, 1.165) is 28.9 Å². The summed E-state index contributed by atoms with van der Waals surface area (Å²) in [6.07, 6.45) is 2.63. The first-order valence-corrected chi connectivity index (χ1v) is 5.80. The van der Waals surface area contributed by atoms with E-state index in [9.17, 15) is 0 Å². The Morgan fingerprint density at radius 2 is 2.18 bits per heavy atom. The monoisotopic (exact) mass is 231 g/mol. The Bertz CT molecular complexity index is 513. The van der Waals surface area contributed by atoms with Gasteiger partial charge in [-0.2, -0.15) is 0 Å². The third-order valence-corrected chi connectivity index (χ3v) is 2.84. The highest BCUT2D eigenvalue weighted by molar-refractivity contribution is 5.90. The normalized spacial score (nSPS) is 12.4. The fourth-order valence-electron chi connectivity index (χ4n) is 1.61. The SMILES string of the molecule is CCC(C)Nc1ncnc2ccc(OC)cc12. The first-order chi connectivity index (χ1) is 8.24. The zero-order chi connectivity index (χ0) is 12.3. The van der Waals surface area contributed by atoms with Crippen LogP contribution < -0.4 is 10.1 Å². The molecule has 1 atom stereocenters. The van der Waals surface area contributed by atoms with Gasteiger partial charge in [0.05, 0.1) is 12.6 Å². The number of hydrogen-bond donors (Lipinski definition) is 1. The van der Waals surface area contributed by atoms with Crippen LogP contribution in [0.4, 0.5) is 5.82 Å². The minimum atomic E-state index is 0.388. The fraction of sp³-hybridized carbons (Fsp3) is 0.385. The molecule has 0 aliphatic heterocycles. The topological polar surface area (TPSA) is 47.0 Å². The Morgan fingerprint density at radius 3 is 2.88 bits per heavy atom. The van der Waals surface area contributed by atoms with E-state index in [2.05, 4.69) is 29.1 Å². The molecular weight excluding hydrogens is 214 g/mol. The summed E-state index contributed by atoms with van der Waals surface area (Å²) in [6.45, 7) is 4.27. The molecule has 0 aliphatic carbocycles. The second kappa shape index (κ2) is 4.99. The van der Waals surface area contributed by atoms with Gasteiger partial charge in [-0.15, -0.1) is 0 Å². The van der Waals surface area contributed by atoms with Crippen LogP contribution in [0, 0.1) is 0 Å². The number of benzene rings is 1. The van der Waals surface area contributed by atoms with Crippen LogP contribution in [0.25, 0.3) is 10.9 Å². The highest BCUT2D eigenvalue weighted by Crippen LogP contribution is 2.24. The van der Waals surface area contributed by atoms with Crippen molar-refractivity contribution in [3.63, 3.8) is 0 Å². The van der Waals surface area contributed by atoms with E-state index in [4.69, 9.17) is 4.74 Å². The van der Waals surface area contributed by atoms with Crippen molar-refractivity contribution in [3.8, 4) is 5.75 Å². The summed E-state index contributed by atoms with van der Waals surface area (Å²) >= 11 is 0. The zero-order valence-electron chi connectivity index (χ0n) is 10.4. The van der Waals surface area contributed by atoms with E-state index in [0.29, 0.717) is 6.04 Å². The van der Waals surface area contributed by atoms with Crippen LogP contribution in [-0.2, 0) is 0 Å². The standard InChI is InChI=1S/C13H17N3O/c1-4-9(2)16-13-11-7-10(17-3)5-6-12(11)14-8-15-13/h5-9H,4H2,1-3H3,(H,14,15,16). The van der Waals surface area contributed by atoms with Gasteiger partial charge < -0.3 is 10.1 Å². The maximum atomic E-state index is 5.23. The molecule has 4 heteroatoms. The molecule has 0 spiro atoms. The van der Waals surface area contributed by atoms with Gasteiger partial charge in [-0.3, -0.25) is 0 Å². The molecule has 0 bridgehead atoms. The van der Waals surface area contributed by atoms with Crippen molar-refractivity contribution in [2.24, 2.45) is 0 Å². The van der Waals surface area contributed by atoms with Gasteiger partial charge in [0, 0.05) is 11.4 Å². The number of fused-ring (bicyclic) bond motifs is 1. The molecule has 1 heterocycles. The molecule has 90 valence electrons. The molecule has 0 saturated carbocycles. The first-order valence-electron chi connectivity index (χ1n) is 5.80. The third kappa shape index (κ3) is 2.46. The maximum absolute atomic E-state index is 5.23. The van der Waals surface area contributed by atoms with Gasteiger partial charge in [-0.05, 0) is 31.5 Å². The molecule has 1 aromatic heterocycles. The number of hydrogen-bond acceptors (Lipinski definition) is 4. The van der Waals surface area contributed by atoms with E-state index in [1.807, 2.05) is 18.2 Å². The van der Waals surface area contributed by atoms with Gasteiger partial charge in [0.15, 0.2) is 0 Å². The minimum Gasteiger partial charge on any atom is -0.497 e. The molecule has 2 aromatic rings. The first kappa shape index (κ1) is 11.6.